The number of aliphatic carboxylic acids is 1. The zero-order valence-corrected chi connectivity index (χ0v) is 6.55. The summed E-state index contributed by atoms with van der Waals surface area (Å²) in [5, 5.41) is 17.2. The van der Waals surface area contributed by atoms with E-state index in [4.69, 9.17) is 5.11 Å². The van der Waals surface area contributed by atoms with Crippen molar-refractivity contribution in [1.82, 2.24) is 0 Å². The van der Waals surface area contributed by atoms with E-state index in [0.717, 1.165) is 0 Å². The molecule has 0 amide bonds. The summed E-state index contributed by atoms with van der Waals surface area (Å²) in [7, 11) is 0. The number of rotatable bonds is 3. The van der Waals surface area contributed by atoms with E-state index >= 15 is 0 Å². The molecule has 0 radical (unpaired) electrons. The Bertz CT molecular complexity index is 233. The van der Waals surface area contributed by atoms with Crippen LogP contribution >= 0.6 is 0 Å². The third-order valence-corrected chi connectivity index (χ3v) is 2.00. The van der Waals surface area contributed by atoms with Gasteiger partial charge in [-0.3, -0.25) is 4.79 Å². The largest absolute Gasteiger partial charge is 0.481 e. The molecule has 6 nitrogen and oxygen atoms in total. The minimum absolute atomic E-state index is 0.141. The van der Waals surface area contributed by atoms with Crippen molar-refractivity contribution in [2.45, 2.75) is 25.1 Å². The van der Waals surface area contributed by atoms with Crippen molar-refractivity contribution < 1.29 is 24.2 Å². The molecule has 13 heavy (non-hydrogen) atoms. The van der Waals surface area contributed by atoms with E-state index in [1.54, 1.807) is 0 Å². The molecule has 0 heterocycles. The van der Waals surface area contributed by atoms with Gasteiger partial charge in [0.05, 0.1) is 5.92 Å². The molecule has 1 rings (SSSR count). The summed E-state index contributed by atoms with van der Waals surface area (Å²) < 4.78 is 12.9. The van der Waals surface area contributed by atoms with Crippen LogP contribution in [0.25, 0.3) is 0 Å². The normalized spacial score (nSPS) is 32.8. The molecule has 0 aliphatic heterocycles. The lowest BCUT2D eigenvalue weighted by atomic mass is 10.1. The molecule has 0 aromatic rings. The Morgan fingerprint density at radius 1 is 1.62 bits per heavy atom. The van der Waals surface area contributed by atoms with Gasteiger partial charge in [-0.05, 0) is 12.8 Å². The van der Waals surface area contributed by atoms with E-state index in [0.29, 0.717) is 0 Å². The SMILES string of the molecule is O=C(O)C1CC(F)C(O[N+](=O)[O-])C1. The summed E-state index contributed by atoms with van der Waals surface area (Å²) in [5.41, 5.74) is 0. The van der Waals surface area contributed by atoms with Gasteiger partial charge in [0.1, 0.15) is 12.3 Å². The van der Waals surface area contributed by atoms with Crippen LogP contribution in [0.5, 0.6) is 0 Å². The Hall–Kier alpha value is -1.40. The molecule has 0 aromatic carbocycles. The van der Waals surface area contributed by atoms with Crippen molar-refractivity contribution >= 4 is 5.97 Å². The predicted molar refractivity (Wildman–Crippen MR) is 37.1 cm³/mol. The molecule has 3 unspecified atom stereocenters. The molecular formula is C6H8FNO5. The Morgan fingerprint density at radius 2 is 2.23 bits per heavy atom. The fourth-order valence-electron chi connectivity index (χ4n) is 1.37. The zero-order valence-electron chi connectivity index (χ0n) is 6.55. The summed E-state index contributed by atoms with van der Waals surface area (Å²) in [4.78, 5) is 24.2. The maximum Gasteiger partial charge on any atom is 0.306 e. The first-order valence-electron chi connectivity index (χ1n) is 3.68. The summed E-state index contributed by atoms with van der Waals surface area (Å²) >= 11 is 0. The van der Waals surface area contributed by atoms with E-state index in [1.165, 1.54) is 0 Å². The molecule has 1 aliphatic carbocycles. The van der Waals surface area contributed by atoms with Crippen molar-refractivity contribution in [2.24, 2.45) is 5.92 Å². The highest BCUT2D eigenvalue weighted by Gasteiger charge is 2.40. The molecular weight excluding hydrogens is 185 g/mol. The molecule has 1 fully saturated rings. The van der Waals surface area contributed by atoms with Crippen LogP contribution in [0.2, 0.25) is 0 Å². The highest BCUT2D eigenvalue weighted by molar-refractivity contribution is 5.70. The highest BCUT2D eigenvalue weighted by atomic mass is 19.1. The lowest BCUT2D eigenvalue weighted by Gasteiger charge is -2.08. The summed E-state index contributed by atoms with van der Waals surface area (Å²) in [5.74, 6) is -2.02. The van der Waals surface area contributed by atoms with Gasteiger partial charge < -0.3 is 9.94 Å². The van der Waals surface area contributed by atoms with Crippen molar-refractivity contribution in [3.05, 3.63) is 10.1 Å². The quantitative estimate of drug-likeness (QED) is 0.517. The molecule has 0 aromatic heterocycles. The molecule has 0 bridgehead atoms. The number of carboxylic acid groups (broad SMARTS) is 1. The number of carboxylic acids is 1. The van der Waals surface area contributed by atoms with Crippen LogP contribution in [0.3, 0.4) is 0 Å². The van der Waals surface area contributed by atoms with E-state index < -0.39 is 29.2 Å². The van der Waals surface area contributed by atoms with E-state index in [9.17, 15) is 19.3 Å². The number of hydrogen-bond acceptors (Lipinski definition) is 4. The number of hydrogen-bond donors (Lipinski definition) is 1. The van der Waals surface area contributed by atoms with Crippen LogP contribution in [0, 0.1) is 16.0 Å². The van der Waals surface area contributed by atoms with Crippen LogP contribution in [0.4, 0.5) is 4.39 Å². The van der Waals surface area contributed by atoms with Gasteiger partial charge in [-0.1, -0.05) is 0 Å². The molecule has 1 aliphatic rings. The van der Waals surface area contributed by atoms with Crippen molar-refractivity contribution in [3.63, 3.8) is 0 Å². The van der Waals surface area contributed by atoms with Gasteiger partial charge in [0, 0.05) is 0 Å². The topological polar surface area (TPSA) is 89.7 Å². The predicted octanol–water partition coefficient (Wildman–Crippen LogP) is 0.396. The molecule has 3 atom stereocenters. The van der Waals surface area contributed by atoms with Crippen LogP contribution in [-0.4, -0.2) is 28.4 Å². The van der Waals surface area contributed by atoms with Gasteiger partial charge in [0.25, 0.3) is 5.09 Å². The van der Waals surface area contributed by atoms with Crippen LogP contribution in [0.1, 0.15) is 12.8 Å². The first-order chi connectivity index (χ1) is 6.00. The third-order valence-electron chi connectivity index (χ3n) is 2.00. The fourth-order valence-corrected chi connectivity index (χ4v) is 1.37. The molecule has 74 valence electrons. The first kappa shape index (κ1) is 9.69. The highest BCUT2D eigenvalue weighted by Crippen LogP contribution is 2.30. The Morgan fingerprint density at radius 3 is 2.62 bits per heavy atom. The Labute approximate surface area is 72.4 Å². The lowest BCUT2D eigenvalue weighted by Crippen LogP contribution is -2.22. The molecule has 7 heteroatoms. The van der Waals surface area contributed by atoms with Gasteiger partial charge in [-0.15, -0.1) is 10.1 Å². The summed E-state index contributed by atoms with van der Waals surface area (Å²) in [6.45, 7) is 0. The second kappa shape index (κ2) is 3.55. The smallest absolute Gasteiger partial charge is 0.306 e. The number of alkyl halides is 1. The first-order valence-corrected chi connectivity index (χ1v) is 3.68. The van der Waals surface area contributed by atoms with Gasteiger partial charge in [-0.25, -0.2) is 4.39 Å². The number of carbonyl (C=O) groups is 1. The second-order valence-corrected chi connectivity index (χ2v) is 2.89. The van der Waals surface area contributed by atoms with Gasteiger partial charge in [0.15, 0.2) is 0 Å². The van der Waals surface area contributed by atoms with E-state index in [2.05, 4.69) is 4.84 Å². The average molecular weight is 193 g/mol. The molecule has 1 N–H and O–H groups in total. The summed E-state index contributed by atoms with van der Waals surface area (Å²) in [6, 6.07) is 0. The molecule has 1 saturated carbocycles. The second-order valence-electron chi connectivity index (χ2n) is 2.89. The maximum absolute atomic E-state index is 12.9. The van der Waals surface area contributed by atoms with Crippen LogP contribution in [-0.2, 0) is 9.63 Å². The molecule has 0 saturated heterocycles. The van der Waals surface area contributed by atoms with Crippen LogP contribution < -0.4 is 0 Å². The summed E-state index contributed by atoms with van der Waals surface area (Å²) in [6.07, 6.45) is -3.15. The maximum atomic E-state index is 12.9. The van der Waals surface area contributed by atoms with E-state index in [-0.39, 0.29) is 12.8 Å². The fraction of sp³-hybridized carbons (Fsp3) is 0.833. The van der Waals surface area contributed by atoms with Crippen molar-refractivity contribution in [3.8, 4) is 0 Å². The Kier molecular flexibility index (Phi) is 2.64. The third kappa shape index (κ3) is 2.27. The van der Waals surface area contributed by atoms with Crippen molar-refractivity contribution in [1.29, 1.82) is 0 Å². The van der Waals surface area contributed by atoms with Crippen LogP contribution in [0.15, 0.2) is 0 Å². The average Bonchev–Trinajstić information content (AvgIpc) is 2.31. The lowest BCUT2D eigenvalue weighted by molar-refractivity contribution is -0.769. The minimum Gasteiger partial charge on any atom is -0.481 e. The van der Waals surface area contributed by atoms with Gasteiger partial charge in [0.2, 0.25) is 0 Å². The van der Waals surface area contributed by atoms with Gasteiger partial charge >= 0.3 is 5.97 Å². The van der Waals surface area contributed by atoms with Crippen molar-refractivity contribution in [2.75, 3.05) is 0 Å². The number of nitrogens with zero attached hydrogens (tertiary/aromatic N) is 1. The monoisotopic (exact) mass is 193 g/mol. The number of halogens is 1. The zero-order chi connectivity index (χ0) is 10.0. The van der Waals surface area contributed by atoms with E-state index in [1.807, 2.05) is 0 Å². The van der Waals surface area contributed by atoms with Gasteiger partial charge in [-0.2, -0.15) is 0 Å². The Balaban J connectivity index is 2.51. The standard InChI is InChI=1S/C6H8FNO5/c7-4-1-3(6(9)10)2-5(4)13-8(11)12/h3-5H,1-2H2,(H,9,10). The minimum atomic E-state index is -1.56. The molecule has 0 spiro atoms.